The van der Waals surface area contributed by atoms with E-state index >= 15 is 0 Å². The summed E-state index contributed by atoms with van der Waals surface area (Å²) in [7, 11) is 0. The van der Waals surface area contributed by atoms with E-state index in [0.717, 1.165) is 11.1 Å². The Morgan fingerprint density at radius 2 is 1.07 bits per heavy atom. The number of benzene rings is 2. The van der Waals surface area contributed by atoms with Crippen molar-refractivity contribution in [2.75, 3.05) is 13.2 Å². The molecule has 2 aromatic carbocycles. The lowest BCUT2D eigenvalue weighted by Crippen LogP contribution is -2.10. The van der Waals surface area contributed by atoms with Crippen LogP contribution < -0.4 is 9.47 Å². The van der Waals surface area contributed by atoms with Gasteiger partial charge in [0.1, 0.15) is 11.5 Å². The summed E-state index contributed by atoms with van der Waals surface area (Å²) < 4.78 is 19.2. The molecule has 2 aromatic rings. The summed E-state index contributed by atoms with van der Waals surface area (Å²) in [6.07, 6.45) is 8.93. The Kier molecular flexibility index (Phi) is 7.32. The topological polar surface area (TPSA) is 71.1 Å². The number of terminal acetylenes is 2. The van der Waals surface area contributed by atoms with Crippen molar-refractivity contribution in [1.82, 2.24) is 0 Å². The third kappa shape index (κ3) is 6.85. The van der Waals surface area contributed by atoms with Gasteiger partial charge in [0.25, 0.3) is 0 Å². The van der Waals surface area contributed by atoms with Crippen molar-refractivity contribution in [2.45, 2.75) is 6.42 Å². The number of carbonyl (C=O) groups is 2. The molecule has 0 aliphatic rings. The summed E-state index contributed by atoms with van der Waals surface area (Å²) in [6, 6.07) is 13.9. The van der Waals surface area contributed by atoms with Crippen LogP contribution >= 0.6 is 0 Å². The predicted molar refractivity (Wildman–Crippen MR) is 97.3 cm³/mol. The Balaban J connectivity index is 1.88. The quantitative estimate of drug-likeness (QED) is 0.443. The lowest BCUT2D eigenvalue weighted by molar-refractivity contribution is 0.110. The molecule has 0 saturated heterocycles. The maximum absolute atomic E-state index is 11.3. The molecule has 6 nitrogen and oxygen atoms in total. The fourth-order valence-electron chi connectivity index (χ4n) is 2.04. The van der Waals surface area contributed by atoms with Gasteiger partial charge >= 0.3 is 12.3 Å². The zero-order valence-corrected chi connectivity index (χ0v) is 14.3. The molecular formula is C21H16O6. The Bertz CT molecular complexity index is 780. The van der Waals surface area contributed by atoms with Crippen molar-refractivity contribution < 1.29 is 28.5 Å². The molecule has 0 atom stereocenters. The van der Waals surface area contributed by atoms with Gasteiger partial charge in [-0.15, -0.1) is 12.8 Å². The van der Waals surface area contributed by atoms with Crippen LogP contribution in [0.25, 0.3) is 0 Å². The average molecular weight is 364 g/mol. The van der Waals surface area contributed by atoms with E-state index in [-0.39, 0.29) is 13.2 Å². The minimum Gasteiger partial charge on any atom is -0.421 e. The Morgan fingerprint density at radius 1 is 0.704 bits per heavy atom. The van der Waals surface area contributed by atoms with Gasteiger partial charge in [-0.05, 0) is 41.8 Å². The van der Waals surface area contributed by atoms with E-state index in [1.165, 1.54) is 0 Å². The Morgan fingerprint density at radius 3 is 1.41 bits per heavy atom. The summed E-state index contributed by atoms with van der Waals surface area (Å²) in [4.78, 5) is 22.6. The zero-order valence-electron chi connectivity index (χ0n) is 14.3. The van der Waals surface area contributed by atoms with E-state index in [1.807, 2.05) is 24.3 Å². The molecule has 0 unspecified atom stereocenters. The fourth-order valence-corrected chi connectivity index (χ4v) is 2.04. The molecule has 0 saturated carbocycles. The maximum atomic E-state index is 11.3. The van der Waals surface area contributed by atoms with Gasteiger partial charge < -0.3 is 18.9 Å². The summed E-state index contributed by atoms with van der Waals surface area (Å²) in [5, 5.41) is 0. The molecule has 27 heavy (non-hydrogen) atoms. The lowest BCUT2D eigenvalue weighted by atomic mass is 10.0. The molecular weight excluding hydrogens is 348 g/mol. The van der Waals surface area contributed by atoms with Crippen LogP contribution in [0.5, 0.6) is 11.5 Å². The van der Waals surface area contributed by atoms with Gasteiger partial charge in [0.05, 0.1) is 0 Å². The van der Waals surface area contributed by atoms with Gasteiger partial charge in [0.2, 0.25) is 0 Å². The number of hydrogen-bond acceptors (Lipinski definition) is 6. The van der Waals surface area contributed by atoms with Crippen molar-refractivity contribution >= 4 is 12.3 Å². The minimum atomic E-state index is -0.850. The molecule has 0 radical (unpaired) electrons. The number of ether oxygens (including phenoxy) is 4. The molecule has 0 heterocycles. The first-order valence-electron chi connectivity index (χ1n) is 7.84. The molecule has 6 heteroatoms. The first-order valence-corrected chi connectivity index (χ1v) is 7.84. The zero-order chi connectivity index (χ0) is 19.5. The Labute approximate surface area is 157 Å². The van der Waals surface area contributed by atoms with Gasteiger partial charge in [-0.3, -0.25) is 0 Å². The molecule has 136 valence electrons. The van der Waals surface area contributed by atoms with E-state index in [2.05, 4.69) is 21.3 Å². The first kappa shape index (κ1) is 19.4. The van der Waals surface area contributed by atoms with E-state index in [4.69, 9.17) is 22.3 Å². The summed E-state index contributed by atoms with van der Waals surface area (Å²) >= 11 is 0. The van der Waals surface area contributed by atoms with Crippen LogP contribution in [0.1, 0.15) is 11.1 Å². The van der Waals surface area contributed by atoms with Gasteiger partial charge in [-0.2, -0.15) is 0 Å². The molecule has 0 aliphatic carbocycles. The van der Waals surface area contributed by atoms with Crippen LogP contribution in [0, 0.1) is 24.7 Å². The third-order valence-electron chi connectivity index (χ3n) is 3.20. The highest BCUT2D eigenvalue weighted by Crippen LogP contribution is 2.18. The average Bonchev–Trinajstić information content (AvgIpc) is 2.68. The second-order valence-electron chi connectivity index (χ2n) is 5.15. The summed E-state index contributed by atoms with van der Waals surface area (Å²) in [5.74, 6) is 5.07. The normalized spacial score (nSPS) is 9.41. The van der Waals surface area contributed by atoms with Gasteiger partial charge in [0, 0.05) is 0 Å². The third-order valence-corrected chi connectivity index (χ3v) is 3.20. The maximum Gasteiger partial charge on any atom is 0.514 e. The van der Waals surface area contributed by atoms with Gasteiger partial charge in [-0.25, -0.2) is 9.59 Å². The molecule has 2 rings (SSSR count). The summed E-state index contributed by atoms with van der Waals surface area (Å²) in [5.41, 5.74) is 2.00. The van der Waals surface area contributed by atoms with Crippen LogP contribution in [0.4, 0.5) is 9.59 Å². The van der Waals surface area contributed by atoms with E-state index in [1.54, 1.807) is 24.3 Å². The number of carbonyl (C=O) groups excluding carboxylic acids is 2. The van der Waals surface area contributed by atoms with E-state index < -0.39 is 12.3 Å². The van der Waals surface area contributed by atoms with Crippen molar-refractivity contribution in [3.63, 3.8) is 0 Å². The Hall–Kier alpha value is -3.90. The molecule has 0 aliphatic heterocycles. The molecule has 0 amide bonds. The SMILES string of the molecule is C#CCOC(=O)Oc1ccc(Cc2ccc(OC(=O)OCC#C)cc2)cc1. The predicted octanol–water partition coefficient (Wildman–Crippen LogP) is 3.57. The fraction of sp³-hybridized carbons (Fsp3) is 0.143. The molecule has 0 spiro atoms. The molecule has 0 N–H and O–H groups in total. The van der Waals surface area contributed by atoms with Crippen LogP contribution in [0.15, 0.2) is 48.5 Å². The van der Waals surface area contributed by atoms with Gasteiger partial charge in [-0.1, -0.05) is 36.1 Å². The smallest absolute Gasteiger partial charge is 0.421 e. The van der Waals surface area contributed by atoms with Crippen molar-refractivity contribution in [2.24, 2.45) is 0 Å². The standard InChI is InChI=1S/C21H16O6/c1-3-13-24-20(22)26-18-9-5-16(6-10-18)15-17-7-11-19(12-8-17)27-21(23)25-14-4-2/h1-2,5-12H,13-15H2. The van der Waals surface area contributed by atoms with Gasteiger partial charge in [0.15, 0.2) is 13.2 Å². The summed E-state index contributed by atoms with van der Waals surface area (Å²) in [6.45, 7) is -0.281. The molecule has 0 fully saturated rings. The highest BCUT2D eigenvalue weighted by atomic mass is 16.7. The van der Waals surface area contributed by atoms with Crippen LogP contribution in [-0.2, 0) is 15.9 Å². The number of rotatable bonds is 6. The minimum absolute atomic E-state index is 0.141. The first-order chi connectivity index (χ1) is 13.1. The second-order valence-corrected chi connectivity index (χ2v) is 5.15. The van der Waals surface area contributed by atoms with E-state index in [9.17, 15) is 9.59 Å². The molecule has 0 aromatic heterocycles. The second kappa shape index (κ2) is 10.2. The van der Waals surface area contributed by atoms with Crippen LogP contribution in [-0.4, -0.2) is 25.5 Å². The van der Waals surface area contributed by atoms with Crippen LogP contribution in [0.2, 0.25) is 0 Å². The lowest BCUT2D eigenvalue weighted by Gasteiger charge is -2.07. The highest BCUT2D eigenvalue weighted by Gasteiger charge is 2.07. The molecule has 0 bridgehead atoms. The monoisotopic (exact) mass is 364 g/mol. The number of hydrogen-bond donors (Lipinski definition) is 0. The van der Waals surface area contributed by atoms with Crippen molar-refractivity contribution in [3.8, 4) is 36.2 Å². The highest BCUT2D eigenvalue weighted by molar-refractivity contribution is 5.64. The largest absolute Gasteiger partial charge is 0.514 e. The van der Waals surface area contributed by atoms with Crippen molar-refractivity contribution in [3.05, 3.63) is 59.7 Å². The van der Waals surface area contributed by atoms with Crippen LogP contribution in [0.3, 0.4) is 0 Å². The van der Waals surface area contributed by atoms with Crippen molar-refractivity contribution in [1.29, 1.82) is 0 Å². The van der Waals surface area contributed by atoms with E-state index in [0.29, 0.717) is 17.9 Å².